The van der Waals surface area contributed by atoms with E-state index in [0.717, 1.165) is 13.0 Å². The molecule has 0 spiro atoms. The molecular formula is C15H21FeN. The largest absolute Gasteiger partial charge is 2.00 e. The van der Waals surface area contributed by atoms with Crippen molar-refractivity contribution in [2.45, 2.75) is 19.9 Å². The summed E-state index contributed by atoms with van der Waals surface area (Å²) in [4.78, 5) is 2.16. The monoisotopic (exact) mass is 271 g/mol. The SMILES string of the molecule is CCc1ccc[cH-]1.CN(C)Cc1cc[cH-]c1.[Fe+2]. The molecule has 2 rings (SSSR count). The molecule has 0 N–H and O–H groups in total. The van der Waals surface area contributed by atoms with Gasteiger partial charge in [0.25, 0.3) is 0 Å². The predicted octanol–water partition coefficient (Wildman–Crippen LogP) is 3.43. The van der Waals surface area contributed by atoms with Crippen LogP contribution in [0.15, 0.2) is 48.5 Å². The van der Waals surface area contributed by atoms with Crippen molar-refractivity contribution in [1.82, 2.24) is 4.90 Å². The number of nitrogens with zero attached hydrogens (tertiary/aromatic N) is 1. The maximum Gasteiger partial charge on any atom is 2.00 e. The van der Waals surface area contributed by atoms with E-state index < -0.39 is 0 Å². The van der Waals surface area contributed by atoms with E-state index in [1.54, 1.807) is 0 Å². The number of rotatable bonds is 3. The standard InChI is InChI=1S/C8H12N.C7H9.Fe/c1-9(2)7-8-5-3-4-6-8;1-2-7-5-3-4-6-7;/h3-6H,7H2,1-2H3;3-6H,2H2,1H3;/q2*-1;+2. The molecule has 1 nitrogen and oxygen atoms in total. The van der Waals surface area contributed by atoms with Gasteiger partial charge in [0, 0.05) is 0 Å². The van der Waals surface area contributed by atoms with Crippen molar-refractivity contribution in [3.05, 3.63) is 59.7 Å². The van der Waals surface area contributed by atoms with Gasteiger partial charge in [-0.1, -0.05) is 13.3 Å². The topological polar surface area (TPSA) is 3.24 Å². The van der Waals surface area contributed by atoms with Crippen LogP contribution in [0.25, 0.3) is 0 Å². The van der Waals surface area contributed by atoms with E-state index in [1.807, 2.05) is 0 Å². The molecule has 0 aromatic heterocycles. The summed E-state index contributed by atoms with van der Waals surface area (Å²) < 4.78 is 0. The van der Waals surface area contributed by atoms with Crippen LogP contribution < -0.4 is 0 Å². The third-order valence-corrected chi connectivity index (χ3v) is 2.37. The van der Waals surface area contributed by atoms with Crippen molar-refractivity contribution in [3.63, 3.8) is 0 Å². The van der Waals surface area contributed by atoms with Crippen LogP contribution in [-0.2, 0) is 30.0 Å². The first-order valence-corrected chi connectivity index (χ1v) is 5.78. The van der Waals surface area contributed by atoms with Gasteiger partial charge in [-0.15, -0.1) is 0 Å². The van der Waals surface area contributed by atoms with Crippen molar-refractivity contribution in [2.24, 2.45) is 0 Å². The fourth-order valence-corrected chi connectivity index (χ4v) is 1.53. The zero-order valence-electron chi connectivity index (χ0n) is 10.8. The molecular weight excluding hydrogens is 250 g/mol. The fourth-order valence-electron chi connectivity index (χ4n) is 1.53. The van der Waals surface area contributed by atoms with Crippen molar-refractivity contribution in [3.8, 4) is 0 Å². The second kappa shape index (κ2) is 9.23. The van der Waals surface area contributed by atoms with Gasteiger partial charge < -0.3 is 4.90 Å². The summed E-state index contributed by atoms with van der Waals surface area (Å²) in [5.74, 6) is 0. The molecule has 0 atom stereocenters. The van der Waals surface area contributed by atoms with Crippen LogP contribution in [-0.4, -0.2) is 19.0 Å². The molecule has 0 fully saturated rings. The first kappa shape index (κ1) is 16.2. The van der Waals surface area contributed by atoms with Gasteiger partial charge in [-0.05, 0) is 20.6 Å². The summed E-state index contributed by atoms with van der Waals surface area (Å²) >= 11 is 0. The Morgan fingerprint density at radius 3 is 2.29 bits per heavy atom. The Morgan fingerprint density at radius 2 is 1.94 bits per heavy atom. The van der Waals surface area contributed by atoms with Crippen LogP contribution in [0.3, 0.4) is 0 Å². The number of hydrogen-bond acceptors (Lipinski definition) is 1. The van der Waals surface area contributed by atoms with Gasteiger partial charge in [-0.2, -0.15) is 41.5 Å². The molecule has 0 bridgehead atoms. The minimum Gasteiger partial charge on any atom is -0.317 e. The Morgan fingerprint density at radius 1 is 1.18 bits per heavy atom. The molecule has 0 aliphatic heterocycles. The van der Waals surface area contributed by atoms with Gasteiger partial charge in [0.2, 0.25) is 0 Å². The smallest absolute Gasteiger partial charge is 0.317 e. The summed E-state index contributed by atoms with van der Waals surface area (Å²) in [5.41, 5.74) is 2.82. The molecule has 17 heavy (non-hydrogen) atoms. The first-order valence-electron chi connectivity index (χ1n) is 5.78. The second-order valence-corrected chi connectivity index (χ2v) is 4.18. The maximum atomic E-state index is 2.16. The molecule has 0 saturated heterocycles. The van der Waals surface area contributed by atoms with Crippen molar-refractivity contribution in [1.29, 1.82) is 0 Å². The zero-order valence-corrected chi connectivity index (χ0v) is 11.9. The predicted molar refractivity (Wildman–Crippen MR) is 70.8 cm³/mol. The molecule has 0 radical (unpaired) electrons. The number of hydrogen-bond donors (Lipinski definition) is 0. The molecule has 94 valence electrons. The summed E-state index contributed by atoms with van der Waals surface area (Å²) in [7, 11) is 4.15. The van der Waals surface area contributed by atoms with E-state index in [-0.39, 0.29) is 17.1 Å². The normalized spacial score (nSPS) is 9.41. The Balaban J connectivity index is 0.000000292. The van der Waals surface area contributed by atoms with Gasteiger partial charge in [-0.25, -0.2) is 18.2 Å². The Labute approximate surface area is 116 Å². The van der Waals surface area contributed by atoms with Crippen LogP contribution in [0, 0.1) is 0 Å². The van der Waals surface area contributed by atoms with Crippen LogP contribution >= 0.6 is 0 Å². The molecule has 0 unspecified atom stereocenters. The summed E-state index contributed by atoms with van der Waals surface area (Å²) in [6.07, 6.45) is 1.16. The van der Waals surface area contributed by atoms with Crippen LogP contribution in [0.4, 0.5) is 0 Å². The molecule has 0 aliphatic rings. The van der Waals surface area contributed by atoms with Gasteiger partial charge in [0.15, 0.2) is 0 Å². The summed E-state index contributed by atoms with van der Waals surface area (Å²) in [6.45, 7) is 3.21. The molecule has 2 heteroatoms. The Bertz CT molecular complexity index is 346. The van der Waals surface area contributed by atoms with Crippen LogP contribution in [0.1, 0.15) is 18.1 Å². The van der Waals surface area contributed by atoms with E-state index in [2.05, 4.69) is 74.4 Å². The van der Waals surface area contributed by atoms with E-state index in [1.165, 1.54) is 11.1 Å². The van der Waals surface area contributed by atoms with Crippen molar-refractivity contribution < 1.29 is 17.1 Å². The Hall–Kier alpha value is -0.821. The molecule has 2 aromatic rings. The summed E-state index contributed by atoms with van der Waals surface area (Å²) in [6, 6.07) is 16.8. The quantitative estimate of drug-likeness (QED) is 0.610. The minimum atomic E-state index is 0. The fraction of sp³-hybridized carbons (Fsp3) is 0.333. The van der Waals surface area contributed by atoms with E-state index in [4.69, 9.17) is 0 Å². The zero-order chi connectivity index (χ0) is 11.8. The molecule has 0 aliphatic carbocycles. The van der Waals surface area contributed by atoms with E-state index in [0.29, 0.717) is 0 Å². The molecule has 0 amide bonds. The van der Waals surface area contributed by atoms with Gasteiger partial charge >= 0.3 is 17.1 Å². The third kappa shape index (κ3) is 7.17. The average Bonchev–Trinajstić information content (AvgIpc) is 2.88. The van der Waals surface area contributed by atoms with Gasteiger partial charge in [0.1, 0.15) is 0 Å². The van der Waals surface area contributed by atoms with E-state index in [9.17, 15) is 0 Å². The molecule has 2 aromatic carbocycles. The van der Waals surface area contributed by atoms with Crippen molar-refractivity contribution in [2.75, 3.05) is 14.1 Å². The van der Waals surface area contributed by atoms with Gasteiger partial charge in [-0.3, -0.25) is 0 Å². The molecule has 0 heterocycles. The third-order valence-electron chi connectivity index (χ3n) is 2.37. The van der Waals surface area contributed by atoms with Crippen molar-refractivity contribution >= 4 is 0 Å². The van der Waals surface area contributed by atoms with Crippen LogP contribution in [0.2, 0.25) is 0 Å². The first-order chi connectivity index (χ1) is 7.72. The average molecular weight is 271 g/mol. The Kier molecular flexibility index (Phi) is 8.79. The minimum absolute atomic E-state index is 0. The van der Waals surface area contributed by atoms with Crippen LogP contribution in [0.5, 0.6) is 0 Å². The second-order valence-electron chi connectivity index (χ2n) is 4.18. The molecule has 0 saturated carbocycles. The maximum absolute atomic E-state index is 2.16. The summed E-state index contributed by atoms with van der Waals surface area (Å²) in [5, 5.41) is 0. The number of aryl methyl sites for hydroxylation is 1. The van der Waals surface area contributed by atoms with Gasteiger partial charge in [0.05, 0.1) is 0 Å². The van der Waals surface area contributed by atoms with E-state index >= 15 is 0 Å².